The highest BCUT2D eigenvalue weighted by atomic mass is 19.1. The van der Waals surface area contributed by atoms with Crippen molar-refractivity contribution in [2.45, 2.75) is 6.42 Å². The molecular formula is C12H8FN3O. The topological polar surface area (TPSA) is 69.5 Å². The smallest absolute Gasteiger partial charge is 0.268 e. The quantitative estimate of drug-likeness (QED) is 0.845. The Balaban J connectivity index is 2.29. The molecule has 1 aromatic heterocycles. The Hall–Kier alpha value is -2.48. The fourth-order valence-corrected chi connectivity index (χ4v) is 1.44. The van der Waals surface area contributed by atoms with Gasteiger partial charge in [0, 0.05) is 6.42 Å². The van der Waals surface area contributed by atoms with E-state index in [1.165, 1.54) is 18.3 Å². The zero-order chi connectivity index (χ0) is 12.3. The van der Waals surface area contributed by atoms with Gasteiger partial charge in [-0.05, 0) is 17.7 Å². The van der Waals surface area contributed by atoms with Gasteiger partial charge in [-0.25, -0.2) is 9.37 Å². The lowest BCUT2D eigenvalue weighted by molar-refractivity contribution is 0.625. The van der Waals surface area contributed by atoms with Gasteiger partial charge in [0.15, 0.2) is 0 Å². The highest BCUT2D eigenvalue weighted by Crippen LogP contribution is 2.06. The van der Waals surface area contributed by atoms with Crippen LogP contribution in [0.25, 0.3) is 0 Å². The van der Waals surface area contributed by atoms with Crippen LogP contribution in [-0.2, 0) is 6.42 Å². The van der Waals surface area contributed by atoms with Gasteiger partial charge in [0.05, 0.1) is 6.20 Å². The second-order valence-corrected chi connectivity index (χ2v) is 3.49. The van der Waals surface area contributed by atoms with Gasteiger partial charge in [0.25, 0.3) is 5.56 Å². The maximum absolute atomic E-state index is 12.9. The van der Waals surface area contributed by atoms with E-state index in [2.05, 4.69) is 9.97 Å². The minimum Gasteiger partial charge on any atom is -0.309 e. The Morgan fingerprint density at radius 2 is 2.29 bits per heavy atom. The largest absolute Gasteiger partial charge is 0.309 e. The molecule has 2 rings (SSSR count). The highest BCUT2D eigenvalue weighted by molar-refractivity contribution is 5.24. The van der Waals surface area contributed by atoms with Crippen molar-refractivity contribution in [1.29, 1.82) is 5.26 Å². The van der Waals surface area contributed by atoms with E-state index in [0.717, 1.165) is 0 Å². The number of aromatic amines is 1. The summed E-state index contributed by atoms with van der Waals surface area (Å²) < 4.78 is 12.9. The first-order chi connectivity index (χ1) is 8.19. The zero-order valence-corrected chi connectivity index (χ0v) is 8.77. The molecule has 2 aromatic rings. The molecule has 4 nitrogen and oxygen atoms in total. The number of aromatic nitrogens is 2. The molecular weight excluding hydrogens is 221 g/mol. The SMILES string of the molecule is N#Cc1cnc(Cc2cccc(F)c2)[nH]c1=O. The van der Waals surface area contributed by atoms with E-state index in [1.807, 2.05) is 0 Å². The van der Waals surface area contributed by atoms with E-state index in [-0.39, 0.29) is 11.4 Å². The standard InChI is InChI=1S/C12H8FN3O/c13-10-3-1-2-8(4-10)5-11-15-7-9(6-14)12(17)16-11/h1-4,7H,5H2,(H,15,16,17). The van der Waals surface area contributed by atoms with Crippen molar-refractivity contribution in [3.8, 4) is 6.07 Å². The van der Waals surface area contributed by atoms with Crippen molar-refractivity contribution in [3.05, 3.63) is 63.6 Å². The van der Waals surface area contributed by atoms with Crippen LogP contribution in [0.2, 0.25) is 0 Å². The molecule has 17 heavy (non-hydrogen) atoms. The van der Waals surface area contributed by atoms with Crippen LogP contribution in [0.3, 0.4) is 0 Å². The Bertz CT molecular complexity index is 643. The molecule has 84 valence electrons. The van der Waals surface area contributed by atoms with Crippen LogP contribution in [-0.4, -0.2) is 9.97 Å². The second-order valence-electron chi connectivity index (χ2n) is 3.49. The van der Waals surface area contributed by atoms with Crippen molar-refractivity contribution >= 4 is 0 Å². The third-order valence-electron chi connectivity index (χ3n) is 2.23. The van der Waals surface area contributed by atoms with Crippen molar-refractivity contribution < 1.29 is 4.39 Å². The number of rotatable bonds is 2. The Morgan fingerprint density at radius 3 is 2.94 bits per heavy atom. The molecule has 0 radical (unpaired) electrons. The molecule has 0 saturated heterocycles. The minimum absolute atomic E-state index is 0.0343. The fourth-order valence-electron chi connectivity index (χ4n) is 1.44. The first-order valence-electron chi connectivity index (χ1n) is 4.92. The van der Waals surface area contributed by atoms with Crippen LogP contribution >= 0.6 is 0 Å². The third kappa shape index (κ3) is 2.55. The van der Waals surface area contributed by atoms with E-state index >= 15 is 0 Å². The molecule has 0 fully saturated rings. The molecule has 0 spiro atoms. The van der Waals surface area contributed by atoms with E-state index in [9.17, 15) is 9.18 Å². The van der Waals surface area contributed by atoms with E-state index in [0.29, 0.717) is 17.8 Å². The summed E-state index contributed by atoms with van der Waals surface area (Å²) in [5, 5.41) is 8.58. The van der Waals surface area contributed by atoms with Gasteiger partial charge in [0.2, 0.25) is 0 Å². The summed E-state index contributed by atoms with van der Waals surface area (Å²) in [4.78, 5) is 17.8. The number of nitrogens with one attached hydrogen (secondary N) is 1. The molecule has 1 heterocycles. The predicted molar refractivity (Wildman–Crippen MR) is 58.8 cm³/mol. The van der Waals surface area contributed by atoms with Gasteiger partial charge in [-0.15, -0.1) is 0 Å². The fraction of sp³-hybridized carbons (Fsp3) is 0.0833. The van der Waals surface area contributed by atoms with E-state index in [1.54, 1.807) is 18.2 Å². The first-order valence-corrected chi connectivity index (χ1v) is 4.92. The lowest BCUT2D eigenvalue weighted by Gasteiger charge is -2.01. The molecule has 0 bridgehead atoms. The number of hydrogen-bond acceptors (Lipinski definition) is 3. The lowest BCUT2D eigenvalue weighted by atomic mass is 10.1. The van der Waals surface area contributed by atoms with E-state index in [4.69, 9.17) is 5.26 Å². The molecule has 1 aromatic carbocycles. The number of halogens is 1. The average molecular weight is 229 g/mol. The molecule has 0 atom stereocenters. The number of nitriles is 1. The zero-order valence-electron chi connectivity index (χ0n) is 8.77. The number of hydrogen-bond donors (Lipinski definition) is 1. The van der Waals surface area contributed by atoms with Crippen LogP contribution in [0, 0.1) is 17.1 Å². The number of nitrogens with zero attached hydrogens (tertiary/aromatic N) is 2. The molecule has 0 aliphatic carbocycles. The highest BCUT2D eigenvalue weighted by Gasteiger charge is 2.03. The molecule has 0 amide bonds. The summed E-state index contributed by atoms with van der Waals surface area (Å²) >= 11 is 0. The number of benzene rings is 1. The summed E-state index contributed by atoms with van der Waals surface area (Å²) in [6.45, 7) is 0. The molecule has 0 aliphatic rings. The lowest BCUT2D eigenvalue weighted by Crippen LogP contribution is -2.14. The van der Waals surface area contributed by atoms with Crippen molar-refractivity contribution in [3.63, 3.8) is 0 Å². The van der Waals surface area contributed by atoms with E-state index < -0.39 is 5.56 Å². The van der Waals surface area contributed by atoms with Gasteiger partial charge in [-0.3, -0.25) is 4.79 Å². The van der Waals surface area contributed by atoms with Crippen LogP contribution in [0.1, 0.15) is 17.0 Å². The van der Waals surface area contributed by atoms with Crippen LogP contribution < -0.4 is 5.56 Å². The van der Waals surface area contributed by atoms with Gasteiger partial charge in [0.1, 0.15) is 23.3 Å². The number of H-pyrrole nitrogens is 1. The summed E-state index contributed by atoms with van der Waals surface area (Å²) in [7, 11) is 0. The molecule has 0 saturated carbocycles. The normalized spacial score (nSPS) is 9.88. The molecule has 0 aliphatic heterocycles. The maximum atomic E-state index is 12.9. The predicted octanol–water partition coefficient (Wildman–Crippen LogP) is 1.37. The van der Waals surface area contributed by atoms with Crippen LogP contribution in [0.4, 0.5) is 4.39 Å². The molecule has 1 N–H and O–H groups in total. The Labute approximate surface area is 96.4 Å². The monoisotopic (exact) mass is 229 g/mol. The van der Waals surface area contributed by atoms with Crippen molar-refractivity contribution in [2.75, 3.05) is 0 Å². The van der Waals surface area contributed by atoms with Gasteiger partial charge in [-0.1, -0.05) is 12.1 Å². The van der Waals surface area contributed by atoms with Crippen molar-refractivity contribution in [1.82, 2.24) is 9.97 Å². The minimum atomic E-state index is -0.478. The average Bonchev–Trinajstić information content (AvgIpc) is 2.29. The van der Waals surface area contributed by atoms with Crippen LogP contribution in [0.15, 0.2) is 35.3 Å². The first kappa shape index (κ1) is 11.0. The van der Waals surface area contributed by atoms with Crippen molar-refractivity contribution in [2.24, 2.45) is 0 Å². The summed E-state index contributed by atoms with van der Waals surface area (Å²) in [6.07, 6.45) is 1.53. The molecule has 5 heteroatoms. The molecule has 0 unspecified atom stereocenters. The maximum Gasteiger partial charge on any atom is 0.268 e. The summed E-state index contributed by atoms with van der Waals surface area (Å²) in [5.41, 5.74) is 0.194. The Morgan fingerprint density at radius 1 is 1.47 bits per heavy atom. The van der Waals surface area contributed by atoms with Gasteiger partial charge < -0.3 is 4.98 Å². The van der Waals surface area contributed by atoms with Gasteiger partial charge in [-0.2, -0.15) is 5.26 Å². The summed E-state index contributed by atoms with van der Waals surface area (Å²) in [5.74, 6) is 0.0677. The van der Waals surface area contributed by atoms with Crippen LogP contribution in [0.5, 0.6) is 0 Å². The Kier molecular flexibility index (Phi) is 2.97. The second kappa shape index (κ2) is 4.58. The third-order valence-corrected chi connectivity index (χ3v) is 2.23. The summed E-state index contributed by atoms with van der Waals surface area (Å²) in [6, 6.07) is 7.78. The van der Waals surface area contributed by atoms with Gasteiger partial charge >= 0.3 is 0 Å².